The van der Waals surface area contributed by atoms with Gasteiger partial charge >= 0.3 is 0 Å². The van der Waals surface area contributed by atoms with Gasteiger partial charge in [0, 0.05) is 31.3 Å². The van der Waals surface area contributed by atoms with Gasteiger partial charge in [0.05, 0.1) is 11.0 Å². The lowest BCUT2D eigenvalue weighted by molar-refractivity contribution is 0.0893. The molecule has 2 heterocycles. The Labute approximate surface area is 93.7 Å². The molecule has 1 unspecified atom stereocenters. The topological polar surface area (TPSA) is 29.5 Å². The Morgan fingerprint density at radius 2 is 2.53 bits per heavy atom. The number of anilines is 1. The van der Waals surface area contributed by atoms with E-state index >= 15 is 0 Å². The summed E-state index contributed by atoms with van der Waals surface area (Å²) in [5.41, 5.74) is 1.16. The largest absolute Gasteiger partial charge is 0.380 e. The molecule has 1 saturated heterocycles. The van der Waals surface area contributed by atoms with Crippen LogP contribution in [0.1, 0.15) is 22.5 Å². The minimum absolute atomic E-state index is 0.332. The van der Waals surface area contributed by atoms with Crippen molar-refractivity contribution >= 4 is 23.3 Å². The Hall–Kier alpha value is -0.870. The Morgan fingerprint density at radius 1 is 1.67 bits per heavy atom. The quantitative estimate of drug-likeness (QED) is 0.738. The summed E-state index contributed by atoms with van der Waals surface area (Å²) in [6.07, 6.45) is 3.53. The molecule has 0 bridgehead atoms. The summed E-state index contributed by atoms with van der Waals surface area (Å²) in [5.74, 6) is 0. The fraction of sp³-hybridized carbons (Fsp3) is 0.545. The van der Waals surface area contributed by atoms with Crippen molar-refractivity contribution in [3.63, 3.8) is 0 Å². The average molecular weight is 225 g/mol. The molecule has 0 aromatic carbocycles. The third-order valence-electron chi connectivity index (χ3n) is 2.80. The zero-order chi connectivity index (χ0) is 10.7. The van der Waals surface area contributed by atoms with Gasteiger partial charge in [0.15, 0.2) is 6.29 Å². The summed E-state index contributed by atoms with van der Waals surface area (Å²) in [7, 11) is 1.76. The van der Waals surface area contributed by atoms with E-state index in [0.717, 1.165) is 42.8 Å². The molecule has 82 valence electrons. The number of methoxy groups -OCH3 is 1. The van der Waals surface area contributed by atoms with Crippen molar-refractivity contribution in [3.8, 4) is 0 Å². The number of rotatable bonds is 3. The van der Waals surface area contributed by atoms with Crippen LogP contribution in [0.2, 0.25) is 0 Å². The molecule has 1 atom stereocenters. The van der Waals surface area contributed by atoms with Gasteiger partial charge in [-0.05, 0) is 18.9 Å². The molecule has 1 fully saturated rings. The van der Waals surface area contributed by atoms with E-state index < -0.39 is 0 Å². The number of piperidine rings is 1. The van der Waals surface area contributed by atoms with E-state index in [-0.39, 0.29) is 0 Å². The van der Waals surface area contributed by atoms with Crippen molar-refractivity contribution in [2.75, 3.05) is 25.1 Å². The number of nitrogens with zero attached hydrogens (tertiary/aromatic N) is 1. The maximum absolute atomic E-state index is 10.6. The summed E-state index contributed by atoms with van der Waals surface area (Å²) in [4.78, 5) is 13.7. The van der Waals surface area contributed by atoms with Gasteiger partial charge in [0.1, 0.15) is 0 Å². The van der Waals surface area contributed by atoms with Crippen LogP contribution in [0.15, 0.2) is 11.4 Å². The standard InChI is InChI=1S/C11H15NO2S/c1-14-10-3-2-4-12(6-10)9-5-11(7-13)15-8-9/h5,7-8,10H,2-4,6H2,1H3. The molecule has 0 amide bonds. The van der Waals surface area contributed by atoms with Gasteiger partial charge in [-0.15, -0.1) is 11.3 Å². The van der Waals surface area contributed by atoms with E-state index in [1.165, 1.54) is 11.3 Å². The van der Waals surface area contributed by atoms with Crippen LogP contribution in [0.4, 0.5) is 5.69 Å². The molecule has 0 saturated carbocycles. The van der Waals surface area contributed by atoms with Gasteiger partial charge in [0.25, 0.3) is 0 Å². The van der Waals surface area contributed by atoms with Crippen LogP contribution < -0.4 is 4.90 Å². The van der Waals surface area contributed by atoms with Crippen molar-refractivity contribution in [3.05, 3.63) is 16.3 Å². The number of thiophene rings is 1. The molecule has 1 aromatic heterocycles. The number of aldehydes is 1. The number of hydrogen-bond donors (Lipinski definition) is 0. The number of carbonyl (C=O) groups is 1. The SMILES string of the molecule is COC1CCCN(c2csc(C=O)c2)C1. The highest BCUT2D eigenvalue weighted by molar-refractivity contribution is 7.12. The van der Waals surface area contributed by atoms with E-state index in [9.17, 15) is 4.79 Å². The van der Waals surface area contributed by atoms with Gasteiger partial charge < -0.3 is 9.64 Å². The van der Waals surface area contributed by atoms with Crippen LogP contribution >= 0.6 is 11.3 Å². The molecule has 2 rings (SSSR count). The highest BCUT2D eigenvalue weighted by atomic mass is 32.1. The summed E-state index contributed by atoms with van der Waals surface area (Å²) < 4.78 is 5.37. The maximum Gasteiger partial charge on any atom is 0.160 e. The smallest absolute Gasteiger partial charge is 0.160 e. The van der Waals surface area contributed by atoms with Crippen molar-refractivity contribution in [2.45, 2.75) is 18.9 Å². The second-order valence-corrected chi connectivity index (χ2v) is 4.71. The fourth-order valence-corrected chi connectivity index (χ4v) is 2.65. The normalized spacial score (nSPS) is 21.7. The summed E-state index contributed by atoms with van der Waals surface area (Å²) in [5, 5.41) is 2.04. The van der Waals surface area contributed by atoms with E-state index in [0.29, 0.717) is 6.10 Å². The van der Waals surface area contributed by atoms with E-state index in [1.54, 1.807) is 7.11 Å². The fourth-order valence-electron chi connectivity index (χ4n) is 1.93. The Balaban J connectivity index is 2.06. The second-order valence-electron chi connectivity index (χ2n) is 3.77. The Morgan fingerprint density at radius 3 is 3.20 bits per heavy atom. The van der Waals surface area contributed by atoms with Crippen molar-refractivity contribution in [2.24, 2.45) is 0 Å². The highest BCUT2D eigenvalue weighted by Gasteiger charge is 2.20. The zero-order valence-electron chi connectivity index (χ0n) is 8.81. The lowest BCUT2D eigenvalue weighted by Gasteiger charge is -2.32. The van der Waals surface area contributed by atoms with Crippen molar-refractivity contribution < 1.29 is 9.53 Å². The summed E-state index contributed by atoms with van der Waals surface area (Å²) in [6, 6.07) is 1.95. The van der Waals surface area contributed by atoms with Gasteiger partial charge in [-0.25, -0.2) is 0 Å². The van der Waals surface area contributed by atoms with Crippen molar-refractivity contribution in [1.29, 1.82) is 0 Å². The van der Waals surface area contributed by atoms with E-state index in [1.807, 2.05) is 11.4 Å². The van der Waals surface area contributed by atoms with Gasteiger partial charge in [-0.2, -0.15) is 0 Å². The number of ether oxygens (including phenoxy) is 1. The van der Waals surface area contributed by atoms with Gasteiger partial charge in [-0.1, -0.05) is 0 Å². The zero-order valence-corrected chi connectivity index (χ0v) is 9.63. The molecule has 4 heteroatoms. The number of carbonyl (C=O) groups excluding carboxylic acids is 1. The molecule has 1 aromatic rings. The Kier molecular flexibility index (Phi) is 3.38. The molecule has 15 heavy (non-hydrogen) atoms. The van der Waals surface area contributed by atoms with Crippen LogP contribution in [0.3, 0.4) is 0 Å². The highest BCUT2D eigenvalue weighted by Crippen LogP contribution is 2.25. The van der Waals surface area contributed by atoms with E-state index in [2.05, 4.69) is 4.90 Å². The first-order valence-electron chi connectivity index (χ1n) is 5.15. The van der Waals surface area contributed by atoms with Crippen LogP contribution in [0, 0.1) is 0 Å². The molecule has 0 aliphatic carbocycles. The molecular weight excluding hydrogens is 210 g/mol. The predicted molar refractivity (Wildman–Crippen MR) is 62.0 cm³/mol. The third-order valence-corrected chi connectivity index (χ3v) is 3.64. The summed E-state index contributed by atoms with van der Waals surface area (Å²) >= 11 is 1.50. The maximum atomic E-state index is 10.6. The monoisotopic (exact) mass is 225 g/mol. The lowest BCUT2D eigenvalue weighted by atomic mass is 10.1. The second kappa shape index (κ2) is 4.77. The predicted octanol–water partition coefficient (Wildman–Crippen LogP) is 2.18. The van der Waals surface area contributed by atoms with Crippen molar-refractivity contribution in [1.82, 2.24) is 0 Å². The first-order valence-corrected chi connectivity index (χ1v) is 6.03. The molecule has 3 nitrogen and oxygen atoms in total. The minimum atomic E-state index is 0.332. The van der Waals surface area contributed by atoms with Crippen LogP contribution in [0.5, 0.6) is 0 Å². The molecular formula is C11H15NO2S. The van der Waals surface area contributed by atoms with Crippen LogP contribution in [-0.2, 0) is 4.74 Å². The van der Waals surface area contributed by atoms with Gasteiger partial charge in [0.2, 0.25) is 0 Å². The third kappa shape index (κ3) is 2.38. The molecule has 1 aliphatic rings. The number of hydrogen-bond acceptors (Lipinski definition) is 4. The van der Waals surface area contributed by atoms with Crippen LogP contribution in [-0.4, -0.2) is 32.6 Å². The Bertz CT molecular complexity index is 337. The minimum Gasteiger partial charge on any atom is -0.380 e. The average Bonchev–Trinajstić information content (AvgIpc) is 2.78. The van der Waals surface area contributed by atoms with Crippen LogP contribution in [0.25, 0.3) is 0 Å². The van der Waals surface area contributed by atoms with Gasteiger partial charge in [-0.3, -0.25) is 4.79 Å². The molecule has 1 aliphatic heterocycles. The first-order chi connectivity index (χ1) is 7.33. The lowest BCUT2D eigenvalue weighted by Crippen LogP contribution is -2.39. The summed E-state index contributed by atoms with van der Waals surface area (Å²) in [6.45, 7) is 2.00. The molecule has 0 spiro atoms. The molecule has 0 N–H and O–H groups in total. The van der Waals surface area contributed by atoms with E-state index in [4.69, 9.17) is 4.74 Å². The first kappa shape index (κ1) is 10.6. The molecule has 0 radical (unpaired) electrons.